The average Bonchev–Trinajstić information content (AvgIpc) is 3.19. The Bertz CT molecular complexity index is 684. The van der Waals surface area contributed by atoms with E-state index in [0.717, 1.165) is 18.9 Å². The van der Waals surface area contributed by atoms with Crippen molar-refractivity contribution in [3.63, 3.8) is 0 Å². The monoisotopic (exact) mass is 322 g/mol. The van der Waals surface area contributed by atoms with Crippen molar-refractivity contribution in [1.29, 1.82) is 0 Å². The highest BCUT2D eigenvalue weighted by Gasteiger charge is 2.31. The quantitative estimate of drug-likeness (QED) is 0.491. The molecule has 0 bridgehead atoms. The number of nitrogens with zero attached hydrogens (tertiary/aromatic N) is 1. The summed E-state index contributed by atoms with van der Waals surface area (Å²) in [5.41, 5.74) is -0.751. The van der Waals surface area contributed by atoms with Gasteiger partial charge in [0, 0.05) is 12.1 Å². The highest BCUT2D eigenvalue weighted by Crippen LogP contribution is 2.38. The van der Waals surface area contributed by atoms with Gasteiger partial charge in [-0.15, -0.1) is 0 Å². The van der Waals surface area contributed by atoms with Crippen LogP contribution < -0.4 is 14.8 Å². The summed E-state index contributed by atoms with van der Waals surface area (Å²) in [6, 6.07) is 2.42. The second kappa shape index (κ2) is 5.75. The second-order valence-electron chi connectivity index (χ2n) is 5.31. The van der Waals surface area contributed by atoms with Gasteiger partial charge in [-0.2, -0.15) is 0 Å². The highest BCUT2D eigenvalue weighted by molar-refractivity contribution is 5.96. The molecule has 0 radical (unpaired) electrons. The van der Waals surface area contributed by atoms with E-state index in [1.54, 1.807) is 0 Å². The van der Waals surface area contributed by atoms with Crippen molar-refractivity contribution in [2.75, 3.05) is 6.79 Å². The SMILES string of the molecule is C[C@H](OC(=O)c1cc2c(cc1[N+](=O)[O-])OCO2)C(=O)NC1CC1. The second-order valence-corrected chi connectivity index (χ2v) is 5.31. The first-order valence-electron chi connectivity index (χ1n) is 7.05. The van der Waals surface area contributed by atoms with Gasteiger partial charge in [0.05, 0.1) is 11.0 Å². The van der Waals surface area contributed by atoms with Gasteiger partial charge in [0.15, 0.2) is 17.6 Å². The number of hydrogen-bond acceptors (Lipinski definition) is 7. The molecule has 1 fully saturated rings. The van der Waals surface area contributed by atoms with Gasteiger partial charge in [-0.3, -0.25) is 14.9 Å². The molecule has 1 saturated carbocycles. The minimum absolute atomic E-state index is 0.0782. The molecular formula is C14H14N2O7. The van der Waals surface area contributed by atoms with Crippen molar-refractivity contribution in [2.24, 2.45) is 0 Å². The van der Waals surface area contributed by atoms with E-state index in [1.165, 1.54) is 13.0 Å². The number of amides is 1. The Morgan fingerprint density at radius 3 is 2.61 bits per heavy atom. The van der Waals surface area contributed by atoms with Gasteiger partial charge in [-0.1, -0.05) is 0 Å². The smallest absolute Gasteiger partial charge is 0.346 e. The van der Waals surface area contributed by atoms with Crippen LogP contribution >= 0.6 is 0 Å². The number of nitrogens with one attached hydrogen (secondary N) is 1. The molecule has 9 heteroatoms. The maximum absolute atomic E-state index is 12.2. The number of fused-ring (bicyclic) bond motifs is 1. The number of rotatable bonds is 5. The topological polar surface area (TPSA) is 117 Å². The van der Waals surface area contributed by atoms with Crippen LogP contribution in [0.15, 0.2) is 12.1 Å². The summed E-state index contributed by atoms with van der Waals surface area (Å²) in [5, 5.41) is 13.8. The maximum Gasteiger partial charge on any atom is 0.346 e. The number of benzene rings is 1. The minimum Gasteiger partial charge on any atom is -0.454 e. The Balaban J connectivity index is 1.78. The zero-order chi connectivity index (χ0) is 16.6. The summed E-state index contributed by atoms with van der Waals surface area (Å²) in [7, 11) is 0. The molecule has 1 atom stereocenters. The summed E-state index contributed by atoms with van der Waals surface area (Å²) in [6.45, 7) is 1.33. The van der Waals surface area contributed by atoms with E-state index >= 15 is 0 Å². The number of carbonyl (C=O) groups excluding carboxylic acids is 2. The molecule has 3 rings (SSSR count). The number of hydrogen-bond donors (Lipinski definition) is 1. The standard InChI is InChI=1S/C14H14N2O7/c1-7(13(17)15-8-2-3-8)23-14(18)9-4-11-12(22-6-21-11)5-10(9)16(19)20/h4-5,7-8H,2-3,6H2,1H3,(H,15,17)/t7-/m0/s1. The molecule has 9 nitrogen and oxygen atoms in total. The van der Waals surface area contributed by atoms with Gasteiger partial charge in [0.1, 0.15) is 5.56 Å². The van der Waals surface area contributed by atoms with Crippen LogP contribution in [0.4, 0.5) is 5.69 Å². The Hall–Kier alpha value is -2.84. The average molecular weight is 322 g/mol. The lowest BCUT2D eigenvalue weighted by Crippen LogP contribution is -2.37. The number of esters is 1. The predicted octanol–water partition coefficient (Wildman–Crippen LogP) is 1.15. The minimum atomic E-state index is -1.05. The lowest BCUT2D eigenvalue weighted by atomic mass is 10.1. The molecule has 1 amide bonds. The van der Waals surface area contributed by atoms with E-state index in [1.807, 2.05) is 0 Å². The van der Waals surface area contributed by atoms with E-state index in [-0.39, 0.29) is 29.9 Å². The van der Waals surface area contributed by atoms with E-state index in [2.05, 4.69) is 5.32 Å². The molecule has 122 valence electrons. The van der Waals surface area contributed by atoms with Gasteiger partial charge in [-0.05, 0) is 19.8 Å². The van der Waals surface area contributed by atoms with Crippen LogP contribution in [0.1, 0.15) is 30.1 Å². The Morgan fingerprint density at radius 2 is 2.00 bits per heavy atom. The van der Waals surface area contributed by atoms with E-state index < -0.39 is 28.6 Å². The number of nitro benzene ring substituents is 1. The summed E-state index contributed by atoms with van der Waals surface area (Å²) in [4.78, 5) is 34.4. The van der Waals surface area contributed by atoms with E-state index in [4.69, 9.17) is 14.2 Å². The van der Waals surface area contributed by atoms with Gasteiger partial charge in [0.25, 0.3) is 11.6 Å². The Morgan fingerprint density at radius 1 is 1.35 bits per heavy atom. The molecule has 0 spiro atoms. The van der Waals surface area contributed by atoms with Crippen LogP contribution in [0.3, 0.4) is 0 Å². The van der Waals surface area contributed by atoms with E-state index in [0.29, 0.717) is 0 Å². The molecule has 1 aliphatic carbocycles. The fourth-order valence-corrected chi connectivity index (χ4v) is 2.07. The molecule has 0 aromatic heterocycles. The first-order chi connectivity index (χ1) is 11.0. The number of carbonyl (C=O) groups is 2. The first-order valence-corrected chi connectivity index (χ1v) is 7.05. The first kappa shape index (κ1) is 15.1. The molecule has 0 unspecified atom stereocenters. The van der Waals surface area contributed by atoms with Crippen LogP contribution in [0.5, 0.6) is 11.5 Å². The van der Waals surface area contributed by atoms with Crippen molar-refractivity contribution < 1.29 is 28.7 Å². The Labute approximate surface area is 130 Å². The third kappa shape index (κ3) is 3.17. The third-order valence-electron chi connectivity index (χ3n) is 3.48. The van der Waals surface area contributed by atoms with Gasteiger partial charge >= 0.3 is 5.97 Å². The van der Waals surface area contributed by atoms with Crippen LogP contribution in [0, 0.1) is 10.1 Å². The van der Waals surface area contributed by atoms with E-state index in [9.17, 15) is 19.7 Å². The molecule has 1 aromatic rings. The summed E-state index contributed by atoms with van der Waals surface area (Å²) in [5.74, 6) is -0.983. The molecule has 1 aliphatic heterocycles. The van der Waals surface area contributed by atoms with Crippen molar-refractivity contribution >= 4 is 17.6 Å². The third-order valence-corrected chi connectivity index (χ3v) is 3.48. The predicted molar refractivity (Wildman–Crippen MR) is 75.3 cm³/mol. The molecule has 1 N–H and O–H groups in total. The molecule has 1 heterocycles. The van der Waals surface area contributed by atoms with Gasteiger partial charge < -0.3 is 19.5 Å². The van der Waals surface area contributed by atoms with Gasteiger partial charge in [-0.25, -0.2) is 4.79 Å². The lowest BCUT2D eigenvalue weighted by molar-refractivity contribution is -0.385. The van der Waals surface area contributed by atoms with Crippen molar-refractivity contribution in [3.8, 4) is 11.5 Å². The fourth-order valence-electron chi connectivity index (χ4n) is 2.07. The maximum atomic E-state index is 12.2. The van der Waals surface area contributed by atoms with Gasteiger partial charge in [0.2, 0.25) is 6.79 Å². The summed E-state index contributed by atoms with van der Waals surface area (Å²) >= 11 is 0. The zero-order valence-electron chi connectivity index (χ0n) is 12.2. The van der Waals surface area contributed by atoms with Crippen LogP contribution in [0.25, 0.3) is 0 Å². The van der Waals surface area contributed by atoms with Crippen molar-refractivity contribution in [3.05, 3.63) is 27.8 Å². The normalized spacial score (nSPS) is 16.6. The van der Waals surface area contributed by atoms with Crippen LogP contribution in [0.2, 0.25) is 0 Å². The largest absolute Gasteiger partial charge is 0.454 e. The number of ether oxygens (including phenoxy) is 3. The fraction of sp³-hybridized carbons (Fsp3) is 0.429. The van der Waals surface area contributed by atoms with Crippen LogP contribution in [-0.2, 0) is 9.53 Å². The van der Waals surface area contributed by atoms with Crippen LogP contribution in [-0.4, -0.2) is 35.7 Å². The molecule has 1 aromatic carbocycles. The molecular weight excluding hydrogens is 308 g/mol. The van der Waals surface area contributed by atoms with Crippen molar-refractivity contribution in [1.82, 2.24) is 5.32 Å². The lowest BCUT2D eigenvalue weighted by Gasteiger charge is -2.13. The summed E-state index contributed by atoms with van der Waals surface area (Å²) in [6.07, 6.45) is 0.758. The summed E-state index contributed by atoms with van der Waals surface area (Å²) < 4.78 is 15.2. The zero-order valence-corrected chi connectivity index (χ0v) is 12.2. The molecule has 23 heavy (non-hydrogen) atoms. The molecule has 2 aliphatic rings. The van der Waals surface area contributed by atoms with Crippen molar-refractivity contribution in [2.45, 2.75) is 31.9 Å². The molecule has 0 saturated heterocycles. The Kier molecular flexibility index (Phi) is 3.77. The highest BCUT2D eigenvalue weighted by atomic mass is 16.7. The number of nitro groups is 1.